The smallest absolute Gasteiger partial charge is 0.550 e. The maximum absolute atomic E-state index is 11.8. The minimum Gasteiger partial charge on any atom is -0.550 e. The fourth-order valence-electron chi connectivity index (χ4n) is 10.3. The molecule has 0 unspecified atom stereocenters. The van der Waals surface area contributed by atoms with Crippen LogP contribution in [0.1, 0.15) is 367 Å². The molecule has 3 atom stereocenters. The van der Waals surface area contributed by atoms with Gasteiger partial charge in [0, 0.05) is 37.2 Å². The molecule has 3 N–H and O–H groups in total. The molecular weight excluding hydrogens is 1160 g/mol. The van der Waals surface area contributed by atoms with Gasteiger partial charge in [0.15, 0.2) is 0 Å². The molecule has 0 fully saturated rings. The van der Waals surface area contributed by atoms with Crippen LogP contribution in [-0.4, -0.2) is 106 Å². The summed E-state index contributed by atoms with van der Waals surface area (Å²) in [6.45, 7) is 6.74. The normalized spacial score (nSPS) is 11.6. The number of amides is 3. The number of hydrogen-bond donors (Lipinski definition) is 3. The van der Waals surface area contributed by atoms with Gasteiger partial charge in [-0.1, -0.05) is 290 Å². The van der Waals surface area contributed by atoms with Gasteiger partial charge in [0.05, 0.1) is 36.0 Å². The van der Waals surface area contributed by atoms with Gasteiger partial charge in [-0.05, 0) is 57.8 Å². The third-order valence-corrected chi connectivity index (χ3v) is 15.8. The van der Waals surface area contributed by atoms with E-state index in [2.05, 4.69) is 36.7 Å². The van der Waals surface area contributed by atoms with Crippen molar-refractivity contribution in [1.82, 2.24) is 16.0 Å². The third kappa shape index (κ3) is 76.7. The Balaban J connectivity index is -0.000000392. The molecule has 0 aliphatic rings. The Morgan fingerprint density at radius 3 is 0.483 bits per heavy atom. The number of carboxylic acids is 6. The summed E-state index contributed by atoms with van der Waals surface area (Å²) in [6, 6.07) is -3.80. The topological polar surface area (TPSA) is 328 Å². The van der Waals surface area contributed by atoms with Crippen LogP contribution in [0.15, 0.2) is 0 Å². The molecule has 0 aliphatic heterocycles. The van der Waals surface area contributed by atoms with Crippen LogP contribution in [0.3, 0.4) is 0 Å². The molecule has 0 aliphatic carbocycles. The van der Waals surface area contributed by atoms with Crippen LogP contribution in [0, 0.1) is 0 Å². The second-order valence-electron chi connectivity index (χ2n) is 24.1. The van der Waals surface area contributed by atoms with Gasteiger partial charge in [-0.3, -0.25) is 14.4 Å². The van der Waals surface area contributed by atoms with Gasteiger partial charge in [0.1, 0.15) is 0 Å². The van der Waals surface area contributed by atoms with Crippen molar-refractivity contribution in [3.05, 3.63) is 0 Å². The molecule has 510 valence electrons. The minimum absolute atomic E-state index is 0. The van der Waals surface area contributed by atoms with Crippen molar-refractivity contribution in [2.75, 3.05) is 0 Å². The van der Waals surface area contributed by atoms with Crippen LogP contribution in [0.4, 0.5) is 0 Å². The van der Waals surface area contributed by atoms with Crippen LogP contribution in [0.2, 0.25) is 0 Å². The molecule has 0 aromatic heterocycles. The van der Waals surface area contributed by atoms with Gasteiger partial charge in [-0.15, -0.1) is 0 Å². The molecule has 0 saturated heterocycles. The van der Waals surface area contributed by atoms with Gasteiger partial charge < -0.3 is 75.4 Å². The van der Waals surface area contributed by atoms with Crippen molar-refractivity contribution in [3.63, 3.8) is 0 Å². The number of carbonyl (C=O) groups is 9. The predicted octanol–water partition coefficient (Wildman–Crippen LogP) is 8.28. The van der Waals surface area contributed by atoms with Crippen molar-refractivity contribution < 1.29 is 73.8 Å². The zero-order chi connectivity index (χ0) is 65.2. The van der Waals surface area contributed by atoms with E-state index >= 15 is 0 Å². The van der Waals surface area contributed by atoms with E-state index in [0.29, 0.717) is 19.3 Å². The standard InChI is InChI=1S/3C23H43NO5.2Al/c3*1-2-3-4-5-6-7-8-9-10-11-12-13-14-15-16-17-21(25)24-20(23(28)29)18-19-22(26)27;;/h3*20H,2-19H2,1H3,(H,24,25)(H,26,27)(H,28,29);;/q;;;2*+3/p-6/t3*20-;;/m000../s1. The Bertz CT molecular complexity index is 1520. The number of nitrogens with one attached hydrogen (secondary N) is 3. The molecule has 0 spiro atoms. The number of unbranched alkanes of at least 4 members (excludes halogenated alkanes) is 42. The molecule has 18 nitrogen and oxygen atoms in total. The molecule has 0 bridgehead atoms. The van der Waals surface area contributed by atoms with E-state index in [1.807, 2.05) is 0 Å². The number of rotatable bonds is 63. The van der Waals surface area contributed by atoms with Crippen molar-refractivity contribution >= 4 is 88.3 Å². The Hall–Kier alpha value is -3.71. The van der Waals surface area contributed by atoms with Crippen LogP contribution >= 0.6 is 0 Å². The number of carboxylic acid groups (broad SMARTS) is 6. The third-order valence-electron chi connectivity index (χ3n) is 15.8. The van der Waals surface area contributed by atoms with Gasteiger partial charge >= 0.3 is 34.7 Å². The van der Waals surface area contributed by atoms with Gasteiger partial charge in [-0.2, -0.15) is 0 Å². The number of aliphatic carboxylic acids is 6. The second kappa shape index (κ2) is 73.3. The summed E-state index contributed by atoms with van der Waals surface area (Å²) in [5, 5.41) is 71.0. The van der Waals surface area contributed by atoms with E-state index in [1.54, 1.807) is 0 Å². The van der Waals surface area contributed by atoms with Gasteiger partial charge in [0.25, 0.3) is 0 Å². The average molecular weight is 1290 g/mol. The van der Waals surface area contributed by atoms with Crippen molar-refractivity contribution in [3.8, 4) is 0 Å². The molecule has 0 aromatic carbocycles. The first-order valence-electron chi connectivity index (χ1n) is 35.0. The number of carbonyl (C=O) groups excluding carboxylic acids is 9. The van der Waals surface area contributed by atoms with Crippen molar-refractivity contribution in [2.24, 2.45) is 0 Å². The SMILES string of the molecule is CCCCCCCCCCCCCCCCCC(=O)N[C@@H](CCC(=O)[O-])C(=O)[O-].CCCCCCCCCCCCCCCCCC(=O)N[C@@H](CCC(=O)[O-])C(=O)[O-].CCCCCCCCCCCCCCCCCC(=O)N[C@@H](CCC(=O)[O-])C(=O)[O-].[Al+3].[Al+3]. The molecule has 20 heteroatoms. The van der Waals surface area contributed by atoms with Gasteiger partial charge in [-0.25, -0.2) is 0 Å². The number of hydrogen-bond acceptors (Lipinski definition) is 15. The summed E-state index contributed by atoms with van der Waals surface area (Å²) in [4.78, 5) is 99.3. The van der Waals surface area contributed by atoms with Crippen molar-refractivity contribution in [2.45, 2.75) is 386 Å². The summed E-state index contributed by atoms with van der Waals surface area (Å²) >= 11 is 0. The Kier molecular flexibility index (Phi) is 77.5. The van der Waals surface area contributed by atoms with E-state index in [0.717, 1.165) is 38.5 Å². The van der Waals surface area contributed by atoms with Gasteiger partial charge in [0.2, 0.25) is 17.7 Å². The molecule has 0 rings (SSSR count). The summed E-state index contributed by atoms with van der Waals surface area (Å²) in [5.41, 5.74) is 0. The molecule has 3 amide bonds. The quantitative estimate of drug-likeness (QED) is 0.0381. The maximum Gasteiger partial charge on any atom is 3.00 e. The molecular formula is C69H123Al2N3O15. The van der Waals surface area contributed by atoms with Crippen LogP contribution in [0.25, 0.3) is 0 Å². The Labute approximate surface area is 560 Å². The van der Waals surface area contributed by atoms with E-state index in [1.165, 1.54) is 231 Å². The fraction of sp³-hybridized carbons (Fsp3) is 0.870. The molecule has 0 saturated carbocycles. The zero-order valence-electron chi connectivity index (χ0n) is 56.2. The molecule has 0 aromatic rings. The minimum atomic E-state index is -1.46. The largest absolute Gasteiger partial charge is 3.00 e. The predicted molar refractivity (Wildman–Crippen MR) is 344 cm³/mol. The summed E-state index contributed by atoms with van der Waals surface area (Å²) in [5.74, 6) is -9.51. The molecule has 89 heavy (non-hydrogen) atoms. The molecule has 0 radical (unpaired) electrons. The summed E-state index contributed by atoms with van der Waals surface area (Å²) in [7, 11) is 0. The van der Waals surface area contributed by atoms with Crippen LogP contribution in [-0.2, 0) is 43.2 Å². The fourth-order valence-corrected chi connectivity index (χ4v) is 10.3. The maximum atomic E-state index is 11.8. The van der Waals surface area contributed by atoms with E-state index in [4.69, 9.17) is 0 Å². The van der Waals surface area contributed by atoms with Crippen LogP contribution in [0.5, 0.6) is 0 Å². The van der Waals surface area contributed by atoms with Crippen LogP contribution < -0.4 is 46.6 Å². The first-order chi connectivity index (χ1) is 41.9. The van der Waals surface area contributed by atoms with Crippen molar-refractivity contribution in [1.29, 1.82) is 0 Å². The first kappa shape index (κ1) is 94.0. The first-order valence-corrected chi connectivity index (χ1v) is 35.0. The monoisotopic (exact) mass is 1290 g/mol. The Morgan fingerprint density at radius 1 is 0.225 bits per heavy atom. The second-order valence-corrected chi connectivity index (χ2v) is 24.1. The average Bonchev–Trinajstić information content (AvgIpc) is 3.62. The Morgan fingerprint density at radius 2 is 0.360 bits per heavy atom. The van der Waals surface area contributed by atoms with E-state index in [9.17, 15) is 73.8 Å². The van der Waals surface area contributed by atoms with E-state index in [-0.39, 0.29) is 91.0 Å². The molecule has 0 heterocycles. The van der Waals surface area contributed by atoms with E-state index < -0.39 is 73.2 Å². The summed E-state index contributed by atoms with van der Waals surface area (Å²) < 4.78 is 0. The zero-order valence-corrected chi connectivity index (χ0v) is 58.5. The summed E-state index contributed by atoms with van der Waals surface area (Å²) in [6.07, 6.45) is 54.8.